The number of benzene rings is 1. The molecule has 0 saturated heterocycles. The highest BCUT2D eigenvalue weighted by atomic mass is 32.1. The molecular weight excluding hydrogens is 336 g/mol. The third-order valence-electron chi connectivity index (χ3n) is 3.90. The predicted octanol–water partition coefficient (Wildman–Crippen LogP) is 4.22. The number of carbonyl (C=O) groups is 1. The number of amides is 1. The van der Waals surface area contributed by atoms with E-state index in [4.69, 9.17) is 4.42 Å². The van der Waals surface area contributed by atoms with Crippen molar-refractivity contribution in [2.24, 2.45) is 0 Å². The molecule has 4 aromatic rings. The van der Waals surface area contributed by atoms with E-state index in [1.165, 1.54) is 11.3 Å². The smallest absolute Gasteiger partial charge is 0.293 e. The fraction of sp³-hybridized carbons (Fsp3) is 0.111. The molecule has 0 aliphatic heterocycles. The molecule has 4 rings (SSSR count). The predicted molar refractivity (Wildman–Crippen MR) is 96.8 cm³/mol. The number of hydrogen-bond donors (Lipinski definition) is 1. The summed E-state index contributed by atoms with van der Waals surface area (Å²) in [6.45, 7) is 3.83. The molecule has 1 amide bonds. The van der Waals surface area contributed by atoms with Gasteiger partial charge < -0.3 is 4.42 Å². The van der Waals surface area contributed by atoms with Gasteiger partial charge in [-0.2, -0.15) is 0 Å². The number of pyridine rings is 1. The molecule has 124 valence electrons. The zero-order valence-corrected chi connectivity index (χ0v) is 14.4. The lowest BCUT2D eigenvalue weighted by Gasteiger charge is -1.98. The van der Waals surface area contributed by atoms with E-state index in [0.29, 0.717) is 15.9 Å². The molecule has 0 atom stereocenters. The maximum Gasteiger partial charge on any atom is 0.293 e. The maximum absolute atomic E-state index is 12.6. The van der Waals surface area contributed by atoms with Gasteiger partial charge in [0.1, 0.15) is 11.3 Å². The first-order chi connectivity index (χ1) is 12.1. The molecule has 0 saturated carbocycles. The van der Waals surface area contributed by atoms with Crippen LogP contribution in [0.2, 0.25) is 0 Å². The molecule has 0 radical (unpaired) electrons. The van der Waals surface area contributed by atoms with E-state index >= 15 is 0 Å². The van der Waals surface area contributed by atoms with Crippen LogP contribution in [-0.2, 0) is 0 Å². The summed E-state index contributed by atoms with van der Waals surface area (Å²) in [5, 5.41) is 12.8. The number of anilines is 1. The summed E-state index contributed by atoms with van der Waals surface area (Å²) in [5.74, 6) is -0.0456. The second kappa shape index (κ2) is 6.10. The quantitative estimate of drug-likeness (QED) is 0.598. The zero-order chi connectivity index (χ0) is 17.4. The van der Waals surface area contributed by atoms with Crippen molar-refractivity contribution in [1.82, 2.24) is 15.2 Å². The number of carbonyl (C=O) groups excluding carboxylic acids is 1. The van der Waals surface area contributed by atoms with Crippen LogP contribution in [0.3, 0.4) is 0 Å². The van der Waals surface area contributed by atoms with E-state index in [-0.39, 0.29) is 5.91 Å². The SMILES string of the molecule is Cc1c(C(=O)Nc2nnc(-c3ccccn3)s2)oc2c(C)cccc12. The normalized spacial score (nSPS) is 11.0. The van der Waals surface area contributed by atoms with Gasteiger partial charge >= 0.3 is 0 Å². The number of rotatable bonds is 3. The van der Waals surface area contributed by atoms with Crippen LogP contribution in [-0.4, -0.2) is 21.1 Å². The van der Waals surface area contributed by atoms with Crippen molar-refractivity contribution in [3.8, 4) is 10.7 Å². The number of furan rings is 1. The van der Waals surface area contributed by atoms with Crippen LogP contribution in [0.4, 0.5) is 5.13 Å². The lowest BCUT2D eigenvalue weighted by atomic mass is 10.1. The van der Waals surface area contributed by atoms with Crippen LogP contribution >= 0.6 is 11.3 Å². The van der Waals surface area contributed by atoms with E-state index in [9.17, 15) is 4.79 Å². The maximum atomic E-state index is 12.6. The number of para-hydroxylation sites is 1. The minimum Gasteiger partial charge on any atom is -0.450 e. The summed E-state index contributed by atoms with van der Waals surface area (Å²) in [4.78, 5) is 16.8. The van der Waals surface area contributed by atoms with Gasteiger partial charge in [0.2, 0.25) is 5.13 Å². The molecule has 0 spiro atoms. The van der Waals surface area contributed by atoms with E-state index in [2.05, 4.69) is 20.5 Å². The van der Waals surface area contributed by atoms with Crippen LogP contribution in [0.15, 0.2) is 47.0 Å². The summed E-state index contributed by atoms with van der Waals surface area (Å²) >= 11 is 1.27. The van der Waals surface area contributed by atoms with Crippen molar-refractivity contribution >= 4 is 33.3 Å². The molecule has 25 heavy (non-hydrogen) atoms. The second-order valence-electron chi connectivity index (χ2n) is 5.59. The van der Waals surface area contributed by atoms with Gasteiger partial charge in [-0.05, 0) is 31.5 Å². The van der Waals surface area contributed by atoms with E-state index in [0.717, 1.165) is 27.8 Å². The van der Waals surface area contributed by atoms with Crippen LogP contribution in [0.5, 0.6) is 0 Å². The third kappa shape index (κ3) is 2.78. The van der Waals surface area contributed by atoms with Crippen molar-refractivity contribution < 1.29 is 9.21 Å². The van der Waals surface area contributed by atoms with Crippen molar-refractivity contribution in [2.45, 2.75) is 13.8 Å². The van der Waals surface area contributed by atoms with Gasteiger partial charge in [-0.15, -0.1) is 10.2 Å². The Bertz CT molecular complexity index is 1070. The summed E-state index contributed by atoms with van der Waals surface area (Å²) in [6.07, 6.45) is 1.69. The molecule has 1 N–H and O–H groups in total. The van der Waals surface area contributed by atoms with Crippen molar-refractivity contribution in [2.75, 3.05) is 5.32 Å². The van der Waals surface area contributed by atoms with Crippen LogP contribution < -0.4 is 5.32 Å². The average Bonchev–Trinajstić information content (AvgIpc) is 3.22. The van der Waals surface area contributed by atoms with E-state index < -0.39 is 0 Å². The average molecular weight is 350 g/mol. The molecule has 0 aliphatic rings. The van der Waals surface area contributed by atoms with E-state index in [1.807, 2.05) is 50.2 Å². The Kier molecular flexibility index (Phi) is 3.77. The second-order valence-corrected chi connectivity index (χ2v) is 6.57. The minimum absolute atomic E-state index is 0.291. The molecule has 0 aliphatic carbocycles. The third-order valence-corrected chi connectivity index (χ3v) is 4.76. The summed E-state index contributed by atoms with van der Waals surface area (Å²) < 4.78 is 5.79. The molecule has 3 heterocycles. The molecule has 3 aromatic heterocycles. The first-order valence-corrected chi connectivity index (χ1v) is 8.50. The van der Waals surface area contributed by atoms with Gasteiger partial charge in [0.15, 0.2) is 10.8 Å². The molecule has 7 heteroatoms. The van der Waals surface area contributed by atoms with Gasteiger partial charge in [-0.1, -0.05) is 35.6 Å². The highest BCUT2D eigenvalue weighted by Gasteiger charge is 2.20. The molecule has 6 nitrogen and oxygen atoms in total. The number of aromatic nitrogens is 3. The van der Waals surface area contributed by atoms with Crippen LogP contribution in [0.1, 0.15) is 21.7 Å². The molecular formula is C18H14N4O2S. The number of fused-ring (bicyclic) bond motifs is 1. The fourth-order valence-corrected chi connectivity index (χ4v) is 3.34. The van der Waals surface area contributed by atoms with Gasteiger partial charge in [0.25, 0.3) is 5.91 Å². The van der Waals surface area contributed by atoms with Gasteiger partial charge in [0, 0.05) is 17.1 Å². The molecule has 1 aromatic carbocycles. The Morgan fingerprint density at radius 3 is 2.76 bits per heavy atom. The standard InChI is InChI=1S/C18H14N4O2S/c1-10-6-5-7-12-11(2)15(24-14(10)12)16(23)20-18-22-21-17(25-18)13-8-3-4-9-19-13/h3-9H,1-2H3,(H,20,22,23). The monoisotopic (exact) mass is 350 g/mol. The minimum atomic E-state index is -0.336. The molecule has 0 bridgehead atoms. The number of nitrogens with one attached hydrogen (secondary N) is 1. The highest BCUT2D eigenvalue weighted by Crippen LogP contribution is 2.29. The van der Waals surface area contributed by atoms with Gasteiger partial charge in [0.05, 0.1) is 0 Å². The van der Waals surface area contributed by atoms with Crippen molar-refractivity contribution in [3.05, 3.63) is 59.5 Å². The largest absolute Gasteiger partial charge is 0.450 e. The Hall–Kier alpha value is -3.06. The Labute approximate surface area is 147 Å². The zero-order valence-electron chi connectivity index (χ0n) is 13.6. The van der Waals surface area contributed by atoms with E-state index in [1.54, 1.807) is 6.20 Å². The topological polar surface area (TPSA) is 80.9 Å². The number of hydrogen-bond acceptors (Lipinski definition) is 6. The Morgan fingerprint density at radius 1 is 1.12 bits per heavy atom. The van der Waals surface area contributed by atoms with Gasteiger partial charge in [-0.3, -0.25) is 15.1 Å². The van der Waals surface area contributed by atoms with Crippen LogP contribution in [0.25, 0.3) is 21.7 Å². The summed E-state index contributed by atoms with van der Waals surface area (Å²) in [7, 11) is 0. The van der Waals surface area contributed by atoms with Crippen molar-refractivity contribution in [1.29, 1.82) is 0 Å². The molecule has 0 fully saturated rings. The Balaban J connectivity index is 1.62. The summed E-state index contributed by atoms with van der Waals surface area (Å²) in [5.41, 5.74) is 3.26. The van der Waals surface area contributed by atoms with Crippen molar-refractivity contribution in [3.63, 3.8) is 0 Å². The Morgan fingerprint density at radius 2 is 2.00 bits per heavy atom. The summed E-state index contributed by atoms with van der Waals surface area (Å²) in [6, 6.07) is 11.4. The molecule has 0 unspecified atom stereocenters. The van der Waals surface area contributed by atoms with Crippen LogP contribution in [0, 0.1) is 13.8 Å². The first kappa shape index (κ1) is 15.5. The highest BCUT2D eigenvalue weighted by molar-refractivity contribution is 7.18. The first-order valence-electron chi connectivity index (χ1n) is 7.68. The lowest BCUT2D eigenvalue weighted by Crippen LogP contribution is -2.11. The number of aryl methyl sites for hydroxylation is 2. The van der Waals surface area contributed by atoms with Gasteiger partial charge in [-0.25, -0.2) is 0 Å². The fourth-order valence-electron chi connectivity index (χ4n) is 2.62. The number of nitrogens with zero attached hydrogens (tertiary/aromatic N) is 3. The lowest BCUT2D eigenvalue weighted by molar-refractivity contribution is 0.0998.